The summed E-state index contributed by atoms with van der Waals surface area (Å²) in [5.74, 6) is 0.211. The number of nitrogens with zero attached hydrogens (tertiary/aromatic N) is 2. The minimum Gasteiger partial charge on any atom is -0.495 e. The maximum Gasteiger partial charge on any atom is 0.321 e. The number of carbonyl (C=O) groups excluding carboxylic acids is 1. The Kier molecular flexibility index (Phi) is 5.65. The molecule has 0 saturated heterocycles. The fourth-order valence-corrected chi connectivity index (χ4v) is 3.58. The van der Waals surface area contributed by atoms with E-state index in [1.807, 2.05) is 13.0 Å². The molecule has 3 rings (SSSR count). The first-order chi connectivity index (χ1) is 12.9. The van der Waals surface area contributed by atoms with Crippen LogP contribution in [0.5, 0.6) is 5.75 Å². The number of halogens is 2. The summed E-state index contributed by atoms with van der Waals surface area (Å²) >= 11 is 0.988. The zero-order chi connectivity index (χ0) is 19.6. The standard InChI is InChI=1S/C19H19F2N3O2S/c1-11-8-9-16(26-3)14(10-11)22-17(25)12(2)27-19-23-13-6-4-5-7-15(13)24(19)18(20)21/h4-10,12,18H,1-3H3,(H,22,25). The lowest BCUT2D eigenvalue weighted by atomic mass is 10.2. The third-order valence-electron chi connectivity index (χ3n) is 4.02. The van der Waals surface area contributed by atoms with Crippen LogP contribution in [0, 0.1) is 6.92 Å². The fourth-order valence-electron chi connectivity index (χ4n) is 2.66. The first-order valence-corrected chi connectivity index (χ1v) is 9.16. The van der Waals surface area contributed by atoms with E-state index in [0.29, 0.717) is 22.5 Å². The van der Waals surface area contributed by atoms with E-state index < -0.39 is 11.8 Å². The van der Waals surface area contributed by atoms with Crippen molar-refractivity contribution in [3.63, 3.8) is 0 Å². The van der Waals surface area contributed by atoms with E-state index in [4.69, 9.17) is 4.74 Å². The number of carbonyl (C=O) groups is 1. The number of methoxy groups -OCH3 is 1. The summed E-state index contributed by atoms with van der Waals surface area (Å²) in [6, 6.07) is 12.1. The average molecular weight is 391 g/mol. The Hall–Kier alpha value is -2.61. The van der Waals surface area contributed by atoms with E-state index in [1.54, 1.807) is 43.3 Å². The van der Waals surface area contributed by atoms with Gasteiger partial charge in [-0.2, -0.15) is 8.78 Å². The Labute approximate surface area is 159 Å². The lowest BCUT2D eigenvalue weighted by Crippen LogP contribution is -2.23. The van der Waals surface area contributed by atoms with Crippen molar-refractivity contribution < 1.29 is 18.3 Å². The second-order valence-corrected chi connectivity index (χ2v) is 7.29. The lowest BCUT2D eigenvalue weighted by Gasteiger charge is -2.15. The van der Waals surface area contributed by atoms with Crippen LogP contribution in [-0.4, -0.2) is 27.8 Å². The highest BCUT2D eigenvalue weighted by atomic mass is 32.2. The Morgan fingerprint density at radius 2 is 2.00 bits per heavy atom. The topological polar surface area (TPSA) is 56.1 Å². The molecular weight excluding hydrogens is 372 g/mol. The van der Waals surface area contributed by atoms with Gasteiger partial charge in [0.15, 0.2) is 5.16 Å². The van der Waals surface area contributed by atoms with Crippen molar-refractivity contribution in [3.8, 4) is 5.75 Å². The van der Waals surface area contributed by atoms with Crippen LogP contribution in [0.4, 0.5) is 14.5 Å². The average Bonchev–Trinajstić information content (AvgIpc) is 2.99. The number of hydrogen-bond acceptors (Lipinski definition) is 4. The van der Waals surface area contributed by atoms with Crippen molar-refractivity contribution in [2.24, 2.45) is 0 Å². The number of aromatic nitrogens is 2. The molecule has 5 nitrogen and oxygen atoms in total. The van der Waals surface area contributed by atoms with Crippen LogP contribution in [0.1, 0.15) is 19.0 Å². The van der Waals surface area contributed by atoms with Crippen LogP contribution in [0.3, 0.4) is 0 Å². The Balaban J connectivity index is 1.82. The first kappa shape index (κ1) is 19.2. The summed E-state index contributed by atoms with van der Waals surface area (Å²) in [7, 11) is 1.52. The van der Waals surface area contributed by atoms with Gasteiger partial charge in [-0.05, 0) is 43.7 Å². The van der Waals surface area contributed by atoms with Gasteiger partial charge >= 0.3 is 6.55 Å². The fraction of sp³-hybridized carbons (Fsp3) is 0.263. The third-order valence-corrected chi connectivity index (χ3v) is 5.09. The highest BCUT2D eigenvalue weighted by molar-refractivity contribution is 8.00. The van der Waals surface area contributed by atoms with E-state index in [9.17, 15) is 13.6 Å². The normalized spacial score (nSPS) is 12.4. The van der Waals surface area contributed by atoms with Crippen LogP contribution in [0.15, 0.2) is 47.6 Å². The highest BCUT2D eigenvalue weighted by Crippen LogP contribution is 2.32. The number of hydrogen-bond donors (Lipinski definition) is 1. The van der Waals surface area contributed by atoms with Crippen molar-refractivity contribution in [1.82, 2.24) is 9.55 Å². The smallest absolute Gasteiger partial charge is 0.321 e. The van der Waals surface area contributed by atoms with Crippen molar-refractivity contribution in [1.29, 1.82) is 0 Å². The summed E-state index contributed by atoms with van der Waals surface area (Å²) in [4.78, 5) is 16.8. The number of imidazole rings is 1. The summed E-state index contributed by atoms with van der Waals surface area (Å²) in [6.45, 7) is 0.808. The summed E-state index contributed by atoms with van der Waals surface area (Å²) in [5.41, 5.74) is 2.31. The van der Waals surface area contributed by atoms with Gasteiger partial charge in [-0.15, -0.1) is 0 Å². The molecule has 8 heteroatoms. The van der Waals surface area contributed by atoms with Crippen molar-refractivity contribution in [2.45, 2.75) is 30.8 Å². The molecule has 0 saturated carbocycles. The Bertz CT molecular complexity index is 975. The summed E-state index contributed by atoms with van der Waals surface area (Å²) in [5, 5.41) is 2.26. The molecule has 2 aromatic carbocycles. The van der Waals surface area contributed by atoms with Gasteiger partial charge in [0.05, 0.1) is 29.1 Å². The van der Waals surface area contributed by atoms with E-state index in [2.05, 4.69) is 10.3 Å². The molecule has 1 aromatic heterocycles. The zero-order valence-corrected chi connectivity index (χ0v) is 15.9. The number of thioether (sulfide) groups is 1. The number of anilines is 1. The first-order valence-electron chi connectivity index (χ1n) is 8.28. The van der Waals surface area contributed by atoms with Crippen LogP contribution in [0.2, 0.25) is 0 Å². The molecule has 142 valence electrons. The predicted octanol–water partition coefficient (Wildman–Crippen LogP) is 4.87. The number of ether oxygens (including phenoxy) is 1. The molecule has 0 aliphatic heterocycles. The van der Waals surface area contributed by atoms with Crippen molar-refractivity contribution in [3.05, 3.63) is 48.0 Å². The number of nitrogens with one attached hydrogen (secondary N) is 1. The van der Waals surface area contributed by atoms with Crippen LogP contribution in [-0.2, 0) is 4.79 Å². The number of aryl methyl sites for hydroxylation is 1. The number of para-hydroxylation sites is 2. The molecule has 1 unspecified atom stereocenters. The molecule has 1 N–H and O–H groups in total. The number of amides is 1. The van der Waals surface area contributed by atoms with Gasteiger partial charge in [-0.25, -0.2) is 4.98 Å². The minimum absolute atomic E-state index is 0.102. The maximum atomic E-state index is 13.5. The number of alkyl halides is 2. The van der Waals surface area contributed by atoms with Gasteiger partial charge in [0.1, 0.15) is 5.75 Å². The Morgan fingerprint density at radius 3 is 2.70 bits per heavy atom. The van der Waals surface area contributed by atoms with Gasteiger partial charge in [0.25, 0.3) is 0 Å². The lowest BCUT2D eigenvalue weighted by molar-refractivity contribution is -0.115. The van der Waals surface area contributed by atoms with Gasteiger partial charge in [-0.1, -0.05) is 30.0 Å². The molecule has 0 spiro atoms. The SMILES string of the molecule is COc1ccc(C)cc1NC(=O)C(C)Sc1nc2ccccc2n1C(F)F. The van der Waals surface area contributed by atoms with Gasteiger partial charge in [-0.3, -0.25) is 9.36 Å². The summed E-state index contributed by atoms with van der Waals surface area (Å²) < 4.78 is 33.1. The van der Waals surface area contributed by atoms with Crippen LogP contribution >= 0.6 is 11.8 Å². The molecule has 0 radical (unpaired) electrons. The highest BCUT2D eigenvalue weighted by Gasteiger charge is 2.23. The maximum absolute atomic E-state index is 13.5. The second-order valence-electron chi connectivity index (χ2n) is 5.98. The molecule has 0 fully saturated rings. The molecular formula is C19H19F2N3O2S. The third kappa shape index (κ3) is 4.05. The molecule has 0 aliphatic rings. The molecule has 27 heavy (non-hydrogen) atoms. The molecule has 3 aromatic rings. The van der Waals surface area contributed by atoms with Crippen LogP contribution < -0.4 is 10.1 Å². The van der Waals surface area contributed by atoms with Gasteiger partial charge in [0, 0.05) is 0 Å². The van der Waals surface area contributed by atoms with Crippen LogP contribution in [0.25, 0.3) is 11.0 Å². The molecule has 1 amide bonds. The second kappa shape index (κ2) is 7.96. The molecule has 0 aliphatic carbocycles. The molecule has 0 bridgehead atoms. The summed E-state index contributed by atoms with van der Waals surface area (Å²) in [6.07, 6.45) is 0. The van der Waals surface area contributed by atoms with Gasteiger partial charge < -0.3 is 10.1 Å². The van der Waals surface area contributed by atoms with E-state index in [1.165, 1.54) is 7.11 Å². The van der Waals surface area contributed by atoms with Crippen molar-refractivity contribution >= 4 is 34.4 Å². The molecule has 1 heterocycles. The molecule has 1 atom stereocenters. The number of benzene rings is 2. The monoisotopic (exact) mass is 391 g/mol. The zero-order valence-electron chi connectivity index (χ0n) is 15.1. The number of fused-ring (bicyclic) bond motifs is 1. The van der Waals surface area contributed by atoms with Gasteiger partial charge in [0.2, 0.25) is 5.91 Å². The quantitative estimate of drug-likeness (QED) is 0.609. The minimum atomic E-state index is -2.74. The van der Waals surface area contributed by atoms with Crippen molar-refractivity contribution in [2.75, 3.05) is 12.4 Å². The number of rotatable bonds is 6. The van der Waals surface area contributed by atoms with E-state index in [-0.39, 0.29) is 11.1 Å². The Morgan fingerprint density at radius 1 is 1.26 bits per heavy atom. The van der Waals surface area contributed by atoms with E-state index >= 15 is 0 Å². The largest absolute Gasteiger partial charge is 0.495 e. The predicted molar refractivity (Wildman–Crippen MR) is 103 cm³/mol. The van der Waals surface area contributed by atoms with E-state index in [0.717, 1.165) is 21.9 Å².